The number of carbonyl (C=O) groups is 1. The maximum absolute atomic E-state index is 12.0. The Morgan fingerprint density at radius 2 is 1.84 bits per heavy atom. The van der Waals surface area contributed by atoms with Crippen LogP contribution < -0.4 is 11.1 Å². The summed E-state index contributed by atoms with van der Waals surface area (Å²) in [5, 5.41) is 1.14. The van der Waals surface area contributed by atoms with E-state index in [1.54, 1.807) is 0 Å². The molecule has 1 aliphatic rings. The van der Waals surface area contributed by atoms with Gasteiger partial charge in [-0.2, -0.15) is 0 Å². The molecule has 1 atom stereocenters. The fourth-order valence-corrected chi connectivity index (χ4v) is 3.72. The Bertz CT molecular complexity index is 361. The van der Waals surface area contributed by atoms with E-state index >= 15 is 0 Å². The summed E-state index contributed by atoms with van der Waals surface area (Å²) in [6.45, 7) is 3.90. The number of hydrogen-bond donors (Lipinski definition) is 4. The van der Waals surface area contributed by atoms with Crippen LogP contribution in [0, 0.1) is 5.92 Å². The molecule has 1 aliphatic carbocycles. The van der Waals surface area contributed by atoms with Crippen molar-refractivity contribution in [2.24, 2.45) is 11.7 Å². The highest BCUT2D eigenvalue weighted by atomic mass is 31.2. The number of carbonyl (C=O) groups excluding carboxylic acids is 1. The maximum Gasteiger partial charge on any atom is 0.350 e. The van der Waals surface area contributed by atoms with E-state index in [4.69, 9.17) is 5.73 Å². The first-order valence-corrected chi connectivity index (χ1v) is 8.42. The Morgan fingerprint density at radius 1 is 1.32 bits per heavy atom. The van der Waals surface area contributed by atoms with Crippen LogP contribution in [-0.2, 0) is 9.36 Å². The summed E-state index contributed by atoms with van der Waals surface area (Å²) in [5.74, 6) is -0.197. The number of rotatable bonds is 5. The van der Waals surface area contributed by atoms with Gasteiger partial charge in [0.2, 0.25) is 5.91 Å². The first kappa shape index (κ1) is 16.6. The summed E-state index contributed by atoms with van der Waals surface area (Å²) < 4.78 is 11.7. The normalized spacial score (nSPS) is 21.2. The van der Waals surface area contributed by atoms with Crippen molar-refractivity contribution < 1.29 is 19.1 Å². The monoisotopic (exact) mass is 292 g/mol. The van der Waals surface area contributed by atoms with Crippen molar-refractivity contribution in [2.75, 3.05) is 0 Å². The van der Waals surface area contributed by atoms with Gasteiger partial charge in [-0.05, 0) is 25.2 Å². The van der Waals surface area contributed by atoms with E-state index in [9.17, 15) is 19.1 Å². The number of nitrogens with one attached hydrogen (secondary N) is 1. The summed E-state index contributed by atoms with van der Waals surface area (Å²) >= 11 is 0. The largest absolute Gasteiger partial charge is 0.350 e. The number of amides is 1. The first-order valence-electron chi connectivity index (χ1n) is 6.81. The lowest BCUT2D eigenvalue weighted by molar-refractivity contribution is -0.124. The molecule has 7 heteroatoms. The molecule has 112 valence electrons. The highest BCUT2D eigenvalue weighted by Crippen LogP contribution is 2.55. The molecular formula is C12H25N2O4P. The summed E-state index contributed by atoms with van der Waals surface area (Å²) in [6.07, 6.45) is 3.50. The quantitative estimate of drug-likeness (QED) is 0.571. The van der Waals surface area contributed by atoms with Crippen molar-refractivity contribution >= 4 is 13.5 Å². The van der Waals surface area contributed by atoms with Gasteiger partial charge in [-0.25, -0.2) is 0 Å². The van der Waals surface area contributed by atoms with Gasteiger partial charge in [0.25, 0.3) is 0 Å². The molecule has 0 aliphatic heterocycles. The van der Waals surface area contributed by atoms with Crippen LogP contribution >= 0.6 is 7.60 Å². The van der Waals surface area contributed by atoms with Gasteiger partial charge in [0.1, 0.15) is 5.28 Å². The van der Waals surface area contributed by atoms with E-state index < -0.39 is 24.8 Å². The summed E-state index contributed by atoms with van der Waals surface area (Å²) in [6, 6.07) is -0.717. The molecule has 0 heterocycles. The Morgan fingerprint density at radius 3 is 2.26 bits per heavy atom. The molecule has 0 aromatic heterocycles. The fraction of sp³-hybridized carbons (Fsp3) is 0.917. The van der Waals surface area contributed by atoms with Gasteiger partial charge in [-0.3, -0.25) is 9.36 Å². The van der Waals surface area contributed by atoms with Crippen molar-refractivity contribution in [2.45, 2.75) is 63.7 Å². The first-order chi connectivity index (χ1) is 8.68. The Labute approximate surface area is 114 Å². The number of hydrogen-bond acceptors (Lipinski definition) is 3. The summed E-state index contributed by atoms with van der Waals surface area (Å²) in [5.41, 5.74) is 5.77. The molecular weight excluding hydrogens is 267 g/mol. The molecule has 5 N–H and O–H groups in total. The van der Waals surface area contributed by atoms with Crippen LogP contribution in [0.4, 0.5) is 0 Å². The molecule has 1 fully saturated rings. The minimum Gasteiger partial charge on any atom is -0.338 e. The van der Waals surface area contributed by atoms with E-state index in [0.717, 1.165) is 6.42 Å². The standard InChI is InChI=1S/C12H25N2O4P/c1-9(2)8-10(13)11(15)14-12(19(16,17)18)6-4-3-5-7-12/h9-10H,3-8,13H2,1-2H3,(H,14,15)(H2,16,17,18). The fourth-order valence-electron chi connectivity index (χ4n) is 2.56. The molecule has 0 radical (unpaired) electrons. The van der Waals surface area contributed by atoms with Crippen molar-refractivity contribution in [1.29, 1.82) is 0 Å². The van der Waals surface area contributed by atoms with Gasteiger partial charge >= 0.3 is 7.60 Å². The van der Waals surface area contributed by atoms with Crippen molar-refractivity contribution in [1.82, 2.24) is 5.32 Å². The summed E-state index contributed by atoms with van der Waals surface area (Å²) in [4.78, 5) is 31.1. The maximum atomic E-state index is 12.0. The van der Waals surface area contributed by atoms with Crippen molar-refractivity contribution in [3.8, 4) is 0 Å². The van der Waals surface area contributed by atoms with Crippen LogP contribution in [0.2, 0.25) is 0 Å². The third-order valence-electron chi connectivity index (χ3n) is 3.66. The lowest BCUT2D eigenvalue weighted by Crippen LogP contribution is -2.54. The third kappa shape index (κ3) is 4.28. The zero-order chi connectivity index (χ0) is 14.7. The lowest BCUT2D eigenvalue weighted by Gasteiger charge is -2.38. The smallest absolute Gasteiger partial charge is 0.338 e. The molecule has 0 bridgehead atoms. The average Bonchev–Trinajstić information content (AvgIpc) is 2.27. The predicted octanol–water partition coefficient (Wildman–Crippen LogP) is 1.31. The minimum atomic E-state index is -4.39. The van der Waals surface area contributed by atoms with Gasteiger partial charge in [-0.1, -0.05) is 33.1 Å². The zero-order valence-electron chi connectivity index (χ0n) is 11.6. The second-order valence-corrected chi connectivity index (χ2v) is 7.81. The predicted molar refractivity (Wildman–Crippen MR) is 73.4 cm³/mol. The van der Waals surface area contributed by atoms with E-state index in [1.807, 2.05) is 13.8 Å². The molecule has 0 saturated heterocycles. The van der Waals surface area contributed by atoms with Crippen LogP contribution in [0.25, 0.3) is 0 Å². The Kier molecular flexibility index (Phi) is 5.56. The minimum absolute atomic E-state index is 0.262. The third-order valence-corrected chi connectivity index (χ3v) is 5.33. The average molecular weight is 292 g/mol. The molecule has 0 aromatic rings. The van der Waals surface area contributed by atoms with Crippen LogP contribution in [0.3, 0.4) is 0 Å². The van der Waals surface area contributed by atoms with Crippen LogP contribution in [0.5, 0.6) is 0 Å². The van der Waals surface area contributed by atoms with E-state index in [0.29, 0.717) is 32.1 Å². The zero-order valence-corrected chi connectivity index (χ0v) is 12.5. The molecule has 0 aromatic carbocycles. The van der Waals surface area contributed by atoms with Crippen molar-refractivity contribution in [3.05, 3.63) is 0 Å². The molecule has 1 amide bonds. The highest BCUT2D eigenvalue weighted by Gasteiger charge is 2.48. The van der Waals surface area contributed by atoms with Crippen LogP contribution in [-0.4, -0.2) is 27.0 Å². The van der Waals surface area contributed by atoms with E-state index in [-0.39, 0.29) is 5.92 Å². The molecule has 1 unspecified atom stereocenters. The topological polar surface area (TPSA) is 113 Å². The molecule has 1 rings (SSSR count). The Balaban J connectivity index is 2.79. The van der Waals surface area contributed by atoms with Gasteiger partial charge in [0, 0.05) is 0 Å². The lowest BCUT2D eigenvalue weighted by atomic mass is 9.94. The molecule has 6 nitrogen and oxygen atoms in total. The van der Waals surface area contributed by atoms with E-state index in [1.165, 1.54) is 0 Å². The highest BCUT2D eigenvalue weighted by molar-refractivity contribution is 7.53. The van der Waals surface area contributed by atoms with Crippen LogP contribution in [0.15, 0.2) is 0 Å². The molecule has 0 spiro atoms. The summed E-state index contributed by atoms with van der Waals surface area (Å²) in [7, 11) is -4.39. The van der Waals surface area contributed by atoms with Gasteiger partial charge in [-0.15, -0.1) is 0 Å². The second kappa shape index (κ2) is 6.35. The number of nitrogens with two attached hydrogens (primary N) is 1. The van der Waals surface area contributed by atoms with Gasteiger partial charge < -0.3 is 20.8 Å². The van der Waals surface area contributed by atoms with Crippen molar-refractivity contribution in [3.63, 3.8) is 0 Å². The second-order valence-electron chi connectivity index (χ2n) is 5.86. The SMILES string of the molecule is CC(C)CC(N)C(=O)NC1(P(=O)(O)O)CCCCC1. The molecule has 1 saturated carbocycles. The van der Waals surface area contributed by atoms with E-state index in [2.05, 4.69) is 5.32 Å². The Hall–Kier alpha value is -0.420. The van der Waals surface area contributed by atoms with Gasteiger partial charge in [0.15, 0.2) is 0 Å². The van der Waals surface area contributed by atoms with Gasteiger partial charge in [0.05, 0.1) is 6.04 Å². The molecule has 19 heavy (non-hydrogen) atoms. The van der Waals surface area contributed by atoms with Crippen LogP contribution in [0.1, 0.15) is 52.4 Å².